The molecule has 0 bridgehead atoms. The quantitative estimate of drug-likeness (QED) is 0.211. The Labute approximate surface area is 228 Å². The van der Waals surface area contributed by atoms with Gasteiger partial charge in [-0.15, -0.1) is 5.10 Å². The molecule has 0 radical (unpaired) electrons. The molecule has 0 aliphatic carbocycles. The molecule has 5 atom stereocenters. The number of ether oxygens (including phenoxy) is 5. The molecule has 1 aromatic carbocycles. The van der Waals surface area contributed by atoms with Crippen molar-refractivity contribution in [1.29, 1.82) is 0 Å². The van der Waals surface area contributed by atoms with Gasteiger partial charge in [0, 0.05) is 50.4 Å². The number of rotatable bonds is 9. The molecule has 0 spiro atoms. The van der Waals surface area contributed by atoms with Gasteiger partial charge in [-0.05, 0) is 6.07 Å². The largest absolute Gasteiger partial charge is 0.463 e. The van der Waals surface area contributed by atoms with Crippen molar-refractivity contribution in [1.82, 2.24) is 19.6 Å². The fourth-order valence-electron chi connectivity index (χ4n) is 4.60. The molecule has 4 rings (SSSR count). The highest BCUT2D eigenvalue weighted by Gasteiger charge is 2.53. The van der Waals surface area contributed by atoms with Crippen molar-refractivity contribution in [2.45, 2.75) is 64.9 Å². The number of para-hydroxylation sites is 1. The summed E-state index contributed by atoms with van der Waals surface area (Å²) in [4.78, 5) is 59.1. The molecule has 2 aromatic heterocycles. The van der Waals surface area contributed by atoms with E-state index in [1.165, 1.54) is 17.8 Å². The van der Waals surface area contributed by atoms with Crippen LogP contribution in [0.4, 0.5) is 0 Å². The summed E-state index contributed by atoms with van der Waals surface area (Å²) in [5, 5.41) is 9.12. The van der Waals surface area contributed by atoms with Crippen LogP contribution in [0.25, 0.3) is 10.9 Å². The Bertz CT molecular complexity index is 1430. The van der Waals surface area contributed by atoms with Crippen molar-refractivity contribution in [3.63, 3.8) is 0 Å². The third-order valence-electron chi connectivity index (χ3n) is 6.06. The third-order valence-corrected chi connectivity index (χ3v) is 6.06. The second-order valence-electron chi connectivity index (χ2n) is 9.13. The first-order valence-corrected chi connectivity index (χ1v) is 12.3. The van der Waals surface area contributed by atoms with Crippen LogP contribution < -0.4 is 0 Å². The van der Waals surface area contributed by atoms with E-state index in [4.69, 9.17) is 23.7 Å². The van der Waals surface area contributed by atoms with Crippen LogP contribution in [0.2, 0.25) is 0 Å². The fourth-order valence-corrected chi connectivity index (χ4v) is 4.60. The number of carbonyl (C=O) groups excluding carboxylic acids is 5. The number of benzene rings is 1. The number of hydrogen-bond donors (Lipinski definition) is 0. The summed E-state index contributed by atoms with van der Waals surface area (Å²) in [6.45, 7) is 4.51. The average Bonchev–Trinajstić information content (AvgIpc) is 3.49. The molecule has 1 aliphatic heterocycles. The number of hydrogen-bond acceptors (Lipinski definition) is 12. The van der Waals surface area contributed by atoms with Gasteiger partial charge in [-0.25, -0.2) is 4.68 Å². The Balaban J connectivity index is 1.70. The van der Waals surface area contributed by atoms with Gasteiger partial charge in [0.05, 0.1) is 12.7 Å². The number of carbonyl (C=O) groups is 5. The Hall–Kier alpha value is -4.59. The number of nitrogens with zero attached hydrogens (tertiary/aromatic N) is 4. The summed E-state index contributed by atoms with van der Waals surface area (Å²) >= 11 is 0. The SMILES string of the molecule is CC(=O)OC[C@H]1O[C@@H](n2cc(Cn3cc(C=O)c4ccccc43)nn2)[C@H](OC(C)=O)[C@@H](OC(C)=O)[C@@H]1OC(C)=O. The van der Waals surface area contributed by atoms with Crippen molar-refractivity contribution < 1.29 is 47.7 Å². The molecule has 0 saturated carbocycles. The van der Waals surface area contributed by atoms with E-state index >= 15 is 0 Å². The third kappa shape index (κ3) is 6.34. The predicted octanol–water partition coefficient (Wildman–Crippen LogP) is 1.35. The first-order chi connectivity index (χ1) is 19.1. The van der Waals surface area contributed by atoms with Crippen molar-refractivity contribution in [2.75, 3.05) is 6.61 Å². The Morgan fingerprint density at radius 3 is 2.20 bits per heavy atom. The Morgan fingerprint density at radius 1 is 0.900 bits per heavy atom. The van der Waals surface area contributed by atoms with Crippen LogP contribution in [0, 0.1) is 0 Å². The maximum atomic E-state index is 12.1. The van der Waals surface area contributed by atoms with Crippen LogP contribution >= 0.6 is 0 Å². The van der Waals surface area contributed by atoms with Gasteiger partial charge >= 0.3 is 23.9 Å². The number of aromatic nitrogens is 4. The molecular weight excluding hydrogens is 528 g/mol. The second-order valence-corrected chi connectivity index (χ2v) is 9.13. The standard InChI is InChI=1S/C26H28N4O10/c1-14(32)36-13-22-23(37-15(2)33)24(38-16(3)34)25(39-17(4)35)26(40-22)30-11-19(27-28-30)10-29-9-18(12-31)20-7-5-6-8-21(20)29/h5-9,11-12,22-26H,10,13H2,1-4H3/t22-,23-,24+,25-,26-/m1/s1. The van der Waals surface area contributed by atoms with E-state index in [0.717, 1.165) is 38.0 Å². The lowest BCUT2D eigenvalue weighted by Crippen LogP contribution is -2.60. The van der Waals surface area contributed by atoms with Crippen LogP contribution in [0.1, 0.15) is 50.0 Å². The predicted molar refractivity (Wildman–Crippen MR) is 134 cm³/mol. The van der Waals surface area contributed by atoms with Gasteiger partial charge in [0.15, 0.2) is 30.8 Å². The van der Waals surface area contributed by atoms with Crippen molar-refractivity contribution in [3.05, 3.63) is 47.9 Å². The lowest BCUT2D eigenvalue weighted by molar-refractivity contribution is -0.270. The van der Waals surface area contributed by atoms with E-state index in [-0.39, 0.29) is 13.2 Å². The molecule has 212 valence electrons. The van der Waals surface area contributed by atoms with E-state index in [9.17, 15) is 24.0 Å². The van der Waals surface area contributed by atoms with Crippen LogP contribution in [-0.2, 0) is 49.4 Å². The van der Waals surface area contributed by atoms with E-state index < -0.39 is 54.5 Å². The zero-order valence-electron chi connectivity index (χ0n) is 22.2. The van der Waals surface area contributed by atoms with Gasteiger partial charge < -0.3 is 28.3 Å². The zero-order chi connectivity index (χ0) is 29.0. The lowest BCUT2D eigenvalue weighted by atomic mass is 9.97. The maximum absolute atomic E-state index is 12.1. The van der Waals surface area contributed by atoms with Gasteiger partial charge in [-0.2, -0.15) is 0 Å². The molecule has 1 fully saturated rings. The maximum Gasteiger partial charge on any atom is 0.303 e. The van der Waals surface area contributed by atoms with Crippen molar-refractivity contribution in [2.24, 2.45) is 0 Å². The summed E-state index contributed by atoms with van der Waals surface area (Å²) in [5.74, 6) is -2.81. The average molecular weight is 557 g/mol. The fraction of sp³-hybridized carbons (Fsp3) is 0.423. The number of fused-ring (bicyclic) bond motifs is 1. The summed E-state index contributed by atoms with van der Waals surface area (Å²) in [7, 11) is 0. The monoisotopic (exact) mass is 556 g/mol. The first-order valence-electron chi connectivity index (χ1n) is 12.3. The first kappa shape index (κ1) is 28.4. The second kappa shape index (κ2) is 12.1. The Kier molecular flexibility index (Phi) is 8.58. The number of esters is 4. The molecule has 3 heterocycles. The van der Waals surface area contributed by atoms with E-state index in [1.807, 2.05) is 28.8 Å². The van der Waals surface area contributed by atoms with Gasteiger partial charge in [0.25, 0.3) is 0 Å². The van der Waals surface area contributed by atoms with Gasteiger partial charge in [-0.3, -0.25) is 24.0 Å². The van der Waals surface area contributed by atoms with Gasteiger partial charge in [0.1, 0.15) is 18.4 Å². The van der Waals surface area contributed by atoms with E-state index in [1.54, 1.807) is 6.20 Å². The van der Waals surface area contributed by atoms with Crippen LogP contribution in [0.3, 0.4) is 0 Å². The molecular formula is C26H28N4O10. The molecule has 3 aromatic rings. The molecule has 14 nitrogen and oxygen atoms in total. The molecule has 0 amide bonds. The van der Waals surface area contributed by atoms with Crippen LogP contribution in [0.15, 0.2) is 36.7 Å². The smallest absolute Gasteiger partial charge is 0.303 e. The van der Waals surface area contributed by atoms with E-state index in [0.29, 0.717) is 11.3 Å². The Morgan fingerprint density at radius 2 is 1.55 bits per heavy atom. The topological polar surface area (TPSA) is 167 Å². The van der Waals surface area contributed by atoms with Crippen molar-refractivity contribution in [3.8, 4) is 0 Å². The summed E-state index contributed by atoms with van der Waals surface area (Å²) in [6, 6.07) is 7.39. The molecule has 1 aliphatic rings. The summed E-state index contributed by atoms with van der Waals surface area (Å²) in [6.07, 6.45) is -2.26. The molecule has 0 N–H and O–H groups in total. The van der Waals surface area contributed by atoms with Crippen LogP contribution in [0.5, 0.6) is 0 Å². The van der Waals surface area contributed by atoms with Gasteiger partial charge in [0.2, 0.25) is 0 Å². The number of aldehydes is 1. The van der Waals surface area contributed by atoms with E-state index in [2.05, 4.69) is 10.3 Å². The highest BCUT2D eigenvalue weighted by atomic mass is 16.7. The lowest BCUT2D eigenvalue weighted by Gasteiger charge is -2.44. The van der Waals surface area contributed by atoms with Crippen LogP contribution in [-0.4, -0.2) is 80.7 Å². The highest BCUT2D eigenvalue weighted by molar-refractivity contribution is 5.97. The van der Waals surface area contributed by atoms with Gasteiger partial charge in [-0.1, -0.05) is 23.4 Å². The minimum absolute atomic E-state index is 0.236. The minimum Gasteiger partial charge on any atom is -0.463 e. The zero-order valence-corrected chi connectivity index (χ0v) is 22.2. The normalized spacial score (nSPS) is 22.4. The molecule has 14 heteroatoms. The molecule has 0 unspecified atom stereocenters. The highest BCUT2D eigenvalue weighted by Crippen LogP contribution is 2.34. The summed E-state index contributed by atoms with van der Waals surface area (Å²) in [5.41, 5.74) is 1.79. The molecule has 1 saturated heterocycles. The minimum atomic E-state index is -1.33. The molecule has 40 heavy (non-hydrogen) atoms. The summed E-state index contributed by atoms with van der Waals surface area (Å²) < 4.78 is 30.6. The van der Waals surface area contributed by atoms with Crippen molar-refractivity contribution >= 4 is 41.1 Å².